The topological polar surface area (TPSA) is 85.6 Å². The third-order valence-corrected chi connectivity index (χ3v) is 5.38. The number of hydrogen-bond donors (Lipinski definition) is 1. The minimum atomic E-state index is -0.304. The maximum absolute atomic E-state index is 12.4. The van der Waals surface area contributed by atoms with Gasteiger partial charge < -0.3 is 10.1 Å². The fourth-order valence-electron chi connectivity index (χ4n) is 2.67. The molecule has 0 aliphatic heterocycles. The van der Waals surface area contributed by atoms with Crippen LogP contribution in [0, 0.1) is 0 Å². The molecular weight excluding hydrogens is 412 g/mol. The summed E-state index contributed by atoms with van der Waals surface area (Å²) < 4.78 is 6.42. The summed E-state index contributed by atoms with van der Waals surface area (Å²) in [7, 11) is 1.60. The molecule has 2 heterocycles. The van der Waals surface area contributed by atoms with E-state index in [0.717, 1.165) is 11.3 Å². The summed E-state index contributed by atoms with van der Waals surface area (Å²) in [6, 6.07) is 15.3. The first-order chi connectivity index (χ1) is 14.0. The molecule has 0 aliphatic carbocycles. The number of nitrogens with zero attached hydrogens (tertiary/aromatic N) is 3. The van der Waals surface area contributed by atoms with Crippen molar-refractivity contribution in [2.75, 3.05) is 7.11 Å². The van der Waals surface area contributed by atoms with Crippen LogP contribution in [0.1, 0.15) is 16.1 Å². The van der Waals surface area contributed by atoms with Crippen molar-refractivity contribution in [3.63, 3.8) is 0 Å². The summed E-state index contributed by atoms with van der Waals surface area (Å²) in [5.41, 5.74) is 1.49. The molecule has 1 amide bonds. The van der Waals surface area contributed by atoms with Crippen LogP contribution in [0.3, 0.4) is 0 Å². The van der Waals surface area contributed by atoms with Gasteiger partial charge in [-0.25, -0.2) is 4.98 Å². The Morgan fingerprint density at radius 1 is 1.17 bits per heavy atom. The second-order valence-electron chi connectivity index (χ2n) is 6.11. The summed E-state index contributed by atoms with van der Waals surface area (Å²) in [4.78, 5) is 29.6. The van der Waals surface area contributed by atoms with Crippen LogP contribution in [0.4, 0.5) is 0 Å². The molecule has 4 rings (SSSR count). The molecule has 29 heavy (non-hydrogen) atoms. The van der Waals surface area contributed by atoms with E-state index < -0.39 is 0 Å². The smallest absolute Gasteiger partial charge is 0.275 e. The molecule has 1 N–H and O–H groups in total. The highest BCUT2D eigenvalue weighted by atomic mass is 35.5. The summed E-state index contributed by atoms with van der Waals surface area (Å²) in [5.74, 6) is 0.468. The van der Waals surface area contributed by atoms with Crippen molar-refractivity contribution >= 4 is 33.8 Å². The van der Waals surface area contributed by atoms with Gasteiger partial charge in [0.15, 0.2) is 0 Å². The van der Waals surface area contributed by atoms with E-state index >= 15 is 0 Å². The summed E-state index contributed by atoms with van der Waals surface area (Å²) in [6.45, 7) is 0.128. The third kappa shape index (κ3) is 4.13. The fraction of sp³-hybridized carbons (Fsp3) is 0.100. The van der Waals surface area contributed by atoms with Crippen molar-refractivity contribution < 1.29 is 9.53 Å². The molecule has 0 radical (unpaired) electrons. The monoisotopic (exact) mass is 426 g/mol. The number of nitrogens with one attached hydrogen (secondary N) is 1. The molecule has 2 aromatic heterocycles. The zero-order valence-electron chi connectivity index (χ0n) is 15.3. The summed E-state index contributed by atoms with van der Waals surface area (Å²) >= 11 is 7.13. The van der Waals surface area contributed by atoms with E-state index in [1.807, 2.05) is 24.3 Å². The third-order valence-electron chi connectivity index (χ3n) is 4.17. The van der Waals surface area contributed by atoms with E-state index in [-0.39, 0.29) is 18.0 Å². The number of fused-ring (bicyclic) bond motifs is 1. The molecule has 2 aromatic carbocycles. The number of benzene rings is 2. The van der Waals surface area contributed by atoms with E-state index in [2.05, 4.69) is 15.4 Å². The van der Waals surface area contributed by atoms with E-state index in [1.165, 1.54) is 21.9 Å². The lowest BCUT2D eigenvalue weighted by Gasteiger charge is -2.04. The van der Waals surface area contributed by atoms with Gasteiger partial charge in [-0.05, 0) is 48.5 Å². The number of carbonyl (C=O) groups excluding carboxylic acids is 1. The fourth-order valence-corrected chi connectivity index (χ4v) is 3.73. The van der Waals surface area contributed by atoms with E-state index in [0.29, 0.717) is 26.2 Å². The minimum Gasteiger partial charge on any atom is -0.497 e. The van der Waals surface area contributed by atoms with Crippen molar-refractivity contribution in [3.8, 4) is 16.3 Å². The summed E-state index contributed by atoms with van der Waals surface area (Å²) in [5, 5.41) is 8.33. The molecule has 0 atom stereocenters. The second-order valence-corrected chi connectivity index (χ2v) is 7.50. The molecule has 0 unspecified atom stereocenters. The molecule has 0 saturated carbocycles. The van der Waals surface area contributed by atoms with Crippen molar-refractivity contribution in [2.45, 2.75) is 6.54 Å². The number of carbonyl (C=O) groups is 1. The van der Waals surface area contributed by atoms with Gasteiger partial charge in [0.05, 0.1) is 19.3 Å². The standard InChI is InChI=1S/C20H15ClN4O3S/c1-28-16-8-4-13(5-9-16)19-24-25-17(26)10-15(23-20(25)29-19)11-22-18(27)12-2-6-14(21)7-3-12/h2-10H,11H2,1H3,(H,22,27). The predicted molar refractivity (Wildman–Crippen MR) is 112 cm³/mol. The minimum absolute atomic E-state index is 0.128. The number of amides is 1. The van der Waals surface area contributed by atoms with Gasteiger partial charge in [0.25, 0.3) is 11.5 Å². The van der Waals surface area contributed by atoms with Crippen molar-refractivity contribution in [2.24, 2.45) is 0 Å². The van der Waals surface area contributed by atoms with Crippen molar-refractivity contribution in [3.05, 3.63) is 81.2 Å². The first kappa shape index (κ1) is 19.1. The van der Waals surface area contributed by atoms with Crippen LogP contribution < -0.4 is 15.6 Å². The Kier molecular flexibility index (Phi) is 5.28. The van der Waals surface area contributed by atoms with Crippen LogP contribution in [-0.4, -0.2) is 27.6 Å². The molecule has 4 aromatic rings. The first-order valence-corrected chi connectivity index (χ1v) is 9.81. The molecule has 0 bridgehead atoms. The number of hydrogen-bond acceptors (Lipinski definition) is 6. The number of ether oxygens (including phenoxy) is 1. The highest BCUT2D eigenvalue weighted by Gasteiger charge is 2.12. The lowest BCUT2D eigenvalue weighted by atomic mass is 10.2. The number of aromatic nitrogens is 3. The molecular formula is C20H15ClN4O3S. The predicted octanol–water partition coefficient (Wildman–Crippen LogP) is 3.41. The molecule has 0 spiro atoms. The van der Waals surface area contributed by atoms with Gasteiger partial charge in [-0.1, -0.05) is 22.9 Å². The highest BCUT2D eigenvalue weighted by molar-refractivity contribution is 7.19. The Morgan fingerprint density at radius 2 is 1.90 bits per heavy atom. The molecule has 0 aliphatic rings. The van der Waals surface area contributed by atoms with Gasteiger partial charge in [0.2, 0.25) is 4.96 Å². The van der Waals surface area contributed by atoms with Crippen molar-refractivity contribution in [1.29, 1.82) is 0 Å². The maximum Gasteiger partial charge on any atom is 0.275 e. The number of halogens is 1. The van der Waals surface area contributed by atoms with E-state index in [1.54, 1.807) is 31.4 Å². The van der Waals surface area contributed by atoms with Gasteiger partial charge in [0, 0.05) is 22.2 Å². The average molecular weight is 427 g/mol. The van der Waals surface area contributed by atoms with E-state index in [4.69, 9.17) is 16.3 Å². The van der Waals surface area contributed by atoms with Crippen LogP contribution in [0.2, 0.25) is 5.02 Å². The normalized spacial score (nSPS) is 10.8. The quantitative estimate of drug-likeness (QED) is 0.528. The Morgan fingerprint density at radius 3 is 2.59 bits per heavy atom. The van der Waals surface area contributed by atoms with Crippen LogP contribution in [0.5, 0.6) is 5.75 Å². The van der Waals surface area contributed by atoms with Crippen LogP contribution in [0.15, 0.2) is 59.4 Å². The molecule has 9 heteroatoms. The zero-order valence-corrected chi connectivity index (χ0v) is 16.8. The number of methoxy groups -OCH3 is 1. The first-order valence-electron chi connectivity index (χ1n) is 8.61. The van der Waals surface area contributed by atoms with Gasteiger partial charge >= 0.3 is 0 Å². The van der Waals surface area contributed by atoms with Gasteiger partial charge in [-0.15, -0.1) is 0 Å². The van der Waals surface area contributed by atoms with E-state index in [9.17, 15) is 9.59 Å². The highest BCUT2D eigenvalue weighted by Crippen LogP contribution is 2.26. The van der Waals surface area contributed by atoms with Gasteiger partial charge in [-0.2, -0.15) is 9.61 Å². The molecule has 0 saturated heterocycles. The Labute approximate surface area is 174 Å². The van der Waals surface area contributed by atoms with Crippen LogP contribution in [-0.2, 0) is 6.54 Å². The number of rotatable bonds is 5. The Balaban J connectivity index is 1.55. The second kappa shape index (κ2) is 8.02. The molecule has 7 nitrogen and oxygen atoms in total. The average Bonchev–Trinajstić information content (AvgIpc) is 3.17. The summed E-state index contributed by atoms with van der Waals surface area (Å²) in [6.07, 6.45) is 0. The van der Waals surface area contributed by atoms with Gasteiger partial charge in [0.1, 0.15) is 10.8 Å². The van der Waals surface area contributed by atoms with Crippen LogP contribution in [0.25, 0.3) is 15.5 Å². The maximum atomic E-state index is 12.4. The Hall–Kier alpha value is -3.23. The van der Waals surface area contributed by atoms with Crippen LogP contribution >= 0.6 is 22.9 Å². The SMILES string of the molecule is COc1ccc(-c2nn3c(=O)cc(CNC(=O)c4ccc(Cl)cc4)nc3s2)cc1. The Bertz CT molecular complexity index is 1230. The van der Waals surface area contributed by atoms with Gasteiger partial charge in [-0.3, -0.25) is 9.59 Å². The zero-order chi connectivity index (χ0) is 20.4. The molecule has 0 fully saturated rings. The lowest BCUT2D eigenvalue weighted by Crippen LogP contribution is -2.25. The molecule has 146 valence electrons. The lowest BCUT2D eigenvalue weighted by molar-refractivity contribution is 0.0950. The largest absolute Gasteiger partial charge is 0.497 e. The van der Waals surface area contributed by atoms with Crippen molar-refractivity contribution in [1.82, 2.24) is 19.9 Å².